The second kappa shape index (κ2) is 10.00. The van der Waals surface area contributed by atoms with Crippen LogP contribution in [-0.2, 0) is 24.2 Å². The van der Waals surface area contributed by atoms with Crippen LogP contribution in [0.4, 0.5) is 0 Å². The summed E-state index contributed by atoms with van der Waals surface area (Å²) in [6.07, 6.45) is 1.16. The lowest BCUT2D eigenvalue weighted by Gasteiger charge is -2.16. The zero-order valence-electron chi connectivity index (χ0n) is 15.6. The summed E-state index contributed by atoms with van der Waals surface area (Å²) < 4.78 is 0. The van der Waals surface area contributed by atoms with E-state index in [2.05, 4.69) is 46.5 Å². The molecule has 1 amide bonds. The SMILES string of the molecule is CN(CCNC(=O)Cc1csc(Cc2ccccc2)n1)Cc1ccccc1. The van der Waals surface area contributed by atoms with E-state index in [1.807, 2.05) is 41.8 Å². The van der Waals surface area contributed by atoms with Gasteiger partial charge in [-0.3, -0.25) is 4.79 Å². The predicted molar refractivity (Wildman–Crippen MR) is 111 cm³/mol. The van der Waals surface area contributed by atoms with Gasteiger partial charge in [0.2, 0.25) is 5.91 Å². The normalized spacial score (nSPS) is 10.9. The van der Waals surface area contributed by atoms with Crippen molar-refractivity contribution in [1.82, 2.24) is 15.2 Å². The number of rotatable bonds is 9. The monoisotopic (exact) mass is 379 g/mol. The van der Waals surface area contributed by atoms with E-state index in [9.17, 15) is 4.79 Å². The van der Waals surface area contributed by atoms with Crippen molar-refractivity contribution in [3.05, 3.63) is 87.9 Å². The maximum absolute atomic E-state index is 12.2. The van der Waals surface area contributed by atoms with E-state index in [0.717, 1.165) is 30.2 Å². The lowest BCUT2D eigenvalue weighted by Crippen LogP contribution is -2.33. The average molecular weight is 380 g/mol. The van der Waals surface area contributed by atoms with E-state index in [0.29, 0.717) is 13.0 Å². The summed E-state index contributed by atoms with van der Waals surface area (Å²) in [4.78, 5) is 19.0. The number of aromatic nitrogens is 1. The number of hydrogen-bond acceptors (Lipinski definition) is 4. The van der Waals surface area contributed by atoms with Gasteiger partial charge in [0.15, 0.2) is 0 Å². The fourth-order valence-electron chi connectivity index (χ4n) is 2.87. The molecule has 1 N–H and O–H groups in total. The number of hydrogen-bond donors (Lipinski definition) is 1. The second-order valence-electron chi connectivity index (χ2n) is 6.65. The average Bonchev–Trinajstić information content (AvgIpc) is 3.10. The van der Waals surface area contributed by atoms with Crippen molar-refractivity contribution < 1.29 is 4.79 Å². The smallest absolute Gasteiger partial charge is 0.226 e. The molecule has 0 aliphatic heterocycles. The fourth-order valence-corrected chi connectivity index (χ4v) is 3.70. The van der Waals surface area contributed by atoms with Crippen LogP contribution in [0.2, 0.25) is 0 Å². The number of amides is 1. The molecule has 2 aromatic carbocycles. The van der Waals surface area contributed by atoms with Crippen LogP contribution in [0.15, 0.2) is 66.0 Å². The zero-order valence-corrected chi connectivity index (χ0v) is 16.4. The van der Waals surface area contributed by atoms with Gasteiger partial charge >= 0.3 is 0 Å². The minimum absolute atomic E-state index is 0.0275. The maximum Gasteiger partial charge on any atom is 0.226 e. The van der Waals surface area contributed by atoms with Gasteiger partial charge in [-0.05, 0) is 18.2 Å². The third-order valence-corrected chi connectivity index (χ3v) is 5.15. The van der Waals surface area contributed by atoms with E-state index in [4.69, 9.17) is 0 Å². The maximum atomic E-state index is 12.2. The summed E-state index contributed by atoms with van der Waals surface area (Å²) in [5, 5.41) is 6.02. The summed E-state index contributed by atoms with van der Waals surface area (Å²) >= 11 is 1.62. The molecule has 140 valence electrons. The molecule has 1 heterocycles. The Labute approximate surface area is 164 Å². The Morgan fingerprint density at radius 1 is 1.04 bits per heavy atom. The zero-order chi connectivity index (χ0) is 18.9. The molecule has 0 aliphatic rings. The van der Waals surface area contributed by atoms with Gasteiger partial charge in [-0.2, -0.15) is 0 Å². The third kappa shape index (κ3) is 6.62. The number of thiazole rings is 1. The summed E-state index contributed by atoms with van der Waals surface area (Å²) in [7, 11) is 2.06. The van der Waals surface area contributed by atoms with E-state index in [-0.39, 0.29) is 5.91 Å². The number of likely N-dealkylation sites (N-methyl/N-ethyl adjacent to an activating group) is 1. The van der Waals surface area contributed by atoms with Crippen LogP contribution >= 0.6 is 11.3 Å². The van der Waals surface area contributed by atoms with Gasteiger partial charge in [0, 0.05) is 31.4 Å². The van der Waals surface area contributed by atoms with E-state index in [1.54, 1.807) is 11.3 Å². The van der Waals surface area contributed by atoms with E-state index in [1.165, 1.54) is 11.1 Å². The summed E-state index contributed by atoms with van der Waals surface area (Å²) in [6.45, 7) is 2.34. The highest BCUT2D eigenvalue weighted by atomic mass is 32.1. The molecule has 3 rings (SSSR count). The number of benzene rings is 2. The first-order chi connectivity index (χ1) is 13.2. The molecule has 0 aliphatic carbocycles. The van der Waals surface area contributed by atoms with Crippen molar-refractivity contribution in [3.63, 3.8) is 0 Å². The van der Waals surface area contributed by atoms with Gasteiger partial charge in [0.1, 0.15) is 0 Å². The molecule has 0 radical (unpaired) electrons. The molecule has 0 fully saturated rings. The van der Waals surface area contributed by atoms with Crippen LogP contribution in [-0.4, -0.2) is 35.9 Å². The van der Waals surface area contributed by atoms with Crippen LogP contribution in [0.25, 0.3) is 0 Å². The van der Waals surface area contributed by atoms with E-state index < -0.39 is 0 Å². The molecule has 3 aromatic rings. The highest BCUT2D eigenvalue weighted by molar-refractivity contribution is 7.09. The van der Waals surface area contributed by atoms with Crippen LogP contribution in [0.1, 0.15) is 21.8 Å². The van der Waals surface area contributed by atoms with Gasteiger partial charge in [-0.1, -0.05) is 60.7 Å². The van der Waals surface area contributed by atoms with Gasteiger partial charge in [-0.25, -0.2) is 4.98 Å². The Hall–Kier alpha value is -2.50. The number of carbonyl (C=O) groups is 1. The topological polar surface area (TPSA) is 45.2 Å². The Balaban J connectivity index is 1.38. The minimum atomic E-state index is 0.0275. The quantitative estimate of drug-likeness (QED) is 0.619. The molecular weight excluding hydrogens is 354 g/mol. The summed E-state index contributed by atoms with van der Waals surface area (Å²) in [6, 6.07) is 20.6. The molecule has 0 spiro atoms. The number of nitrogens with one attached hydrogen (secondary N) is 1. The predicted octanol–water partition coefficient (Wildman–Crippen LogP) is 3.52. The van der Waals surface area contributed by atoms with Crippen LogP contribution in [0.3, 0.4) is 0 Å². The Bertz CT molecular complexity index is 833. The van der Waals surface area contributed by atoms with Gasteiger partial charge in [0.05, 0.1) is 17.1 Å². The van der Waals surface area contributed by atoms with Crippen molar-refractivity contribution in [1.29, 1.82) is 0 Å². The van der Waals surface area contributed by atoms with Crippen molar-refractivity contribution in [3.8, 4) is 0 Å². The minimum Gasteiger partial charge on any atom is -0.354 e. The molecule has 0 atom stereocenters. The van der Waals surface area contributed by atoms with Crippen LogP contribution in [0.5, 0.6) is 0 Å². The first-order valence-corrected chi connectivity index (χ1v) is 10.0. The standard InChI is InChI=1S/C22H25N3OS/c1-25(16-19-10-6-3-7-11-19)13-12-23-21(26)15-20-17-27-22(24-20)14-18-8-4-2-5-9-18/h2-11,17H,12-16H2,1H3,(H,23,26). The lowest BCUT2D eigenvalue weighted by molar-refractivity contribution is -0.120. The first-order valence-electron chi connectivity index (χ1n) is 9.15. The van der Waals surface area contributed by atoms with Gasteiger partial charge < -0.3 is 10.2 Å². The van der Waals surface area contributed by atoms with Gasteiger partial charge in [0.25, 0.3) is 0 Å². The Morgan fingerprint density at radius 3 is 2.41 bits per heavy atom. The molecule has 4 nitrogen and oxygen atoms in total. The Morgan fingerprint density at radius 2 is 1.70 bits per heavy atom. The van der Waals surface area contributed by atoms with Gasteiger partial charge in [-0.15, -0.1) is 11.3 Å². The highest BCUT2D eigenvalue weighted by Gasteiger charge is 2.08. The van der Waals surface area contributed by atoms with Crippen LogP contribution < -0.4 is 5.32 Å². The largest absolute Gasteiger partial charge is 0.354 e. The summed E-state index contributed by atoms with van der Waals surface area (Å²) in [5.41, 5.74) is 3.37. The fraction of sp³-hybridized carbons (Fsp3) is 0.273. The molecule has 1 aromatic heterocycles. The lowest BCUT2D eigenvalue weighted by atomic mass is 10.2. The van der Waals surface area contributed by atoms with Crippen molar-refractivity contribution in [2.45, 2.75) is 19.4 Å². The molecule has 0 saturated heterocycles. The van der Waals surface area contributed by atoms with E-state index >= 15 is 0 Å². The summed E-state index contributed by atoms with van der Waals surface area (Å²) in [5.74, 6) is 0.0275. The highest BCUT2D eigenvalue weighted by Crippen LogP contribution is 2.15. The number of carbonyl (C=O) groups excluding carboxylic acids is 1. The second-order valence-corrected chi connectivity index (χ2v) is 7.59. The van der Waals surface area contributed by atoms with Crippen molar-refractivity contribution in [2.24, 2.45) is 0 Å². The molecule has 0 unspecified atom stereocenters. The third-order valence-electron chi connectivity index (χ3n) is 4.25. The first kappa shape index (κ1) is 19.3. The number of nitrogens with zero attached hydrogens (tertiary/aromatic N) is 2. The molecular formula is C22H25N3OS. The molecule has 0 saturated carbocycles. The van der Waals surface area contributed by atoms with Crippen molar-refractivity contribution >= 4 is 17.2 Å². The molecule has 27 heavy (non-hydrogen) atoms. The Kier molecular flexibility index (Phi) is 7.13. The molecule has 0 bridgehead atoms. The van der Waals surface area contributed by atoms with Crippen molar-refractivity contribution in [2.75, 3.05) is 20.1 Å². The van der Waals surface area contributed by atoms with Crippen LogP contribution in [0, 0.1) is 0 Å². The molecule has 5 heteroatoms.